The van der Waals surface area contributed by atoms with Crippen LogP contribution in [0.2, 0.25) is 0 Å². The number of hydrogen-bond donors (Lipinski definition) is 2. The van der Waals surface area contributed by atoms with Crippen molar-refractivity contribution >= 4 is 23.7 Å². The molecule has 17 heavy (non-hydrogen) atoms. The van der Waals surface area contributed by atoms with Crippen molar-refractivity contribution < 1.29 is 14.7 Å². The molecular weight excluding hydrogens is 220 g/mol. The zero-order valence-corrected chi connectivity index (χ0v) is 8.83. The maximum absolute atomic E-state index is 11.0. The number of carbonyl (C=O) groups is 2. The third-order valence-corrected chi connectivity index (χ3v) is 2.43. The molecule has 0 aliphatic carbocycles. The Bertz CT molecular complexity index is 520. The summed E-state index contributed by atoms with van der Waals surface area (Å²) in [5.41, 5.74) is 1.59. The molecule has 0 bridgehead atoms. The molecule has 0 saturated carbocycles. The van der Waals surface area contributed by atoms with Crippen molar-refractivity contribution in [3.63, 3.8) is 0 Å². The zero-order valence-electron chi connectivity index (χ0n) is 8.83. The van der Waals surface area contributed by atoms with E-state index in [4.69, 9.17) is 5.11 Å². The number of anilines is 1. The van der Waals surface area contributed by atoms with Gasteiger partial charge in [0.15, 0.2) is 5.92 Å². The van der Waals surface area contributed by atoms with Gasteiger partial charge in [0.2, 0.25) is 0 Å². The van der Waals surface area contributed by atoms with Crippen LogP contribution in [0.5, 0.6) is 0 Å². The van der Waals surface area contributed by atoms with Crippen molar-refractivity contribution in [3.8, 4) is 0 Å². The third-order valence-electron chi connectivity index (χ3n) is 2.43. The fourth-order valence-corrected chi connectivity index (χ4v) is 1.63. The van der Waals surface area contributed by atoms with Gasteiger partial charge in [-0.25, -0.2) is 0 Å². The molecule has 1 unspecified atom stereocenters. The van der Waals surface area contributed by atoms with Crippen molar-refractivity contribution in [1.82, 2.24) is 0 Å². The predicted molar refractivity (Wildman–Crippen MR) is 62.9 cm³/mol. The van der Waals surface area contributed by atoms with E-state index in [0.29, 0.717) is 11.8 Å². The van der Waals surface area contributed by atoms with Gasteiger partial charge in [-0.05, 0) is 6.07 Å². The van der Waals surface area contributed by atoms with Crippen LogP contribution in [-0.2, 0) is 9.59 Å². The van der Waals surface area contributed by atoms with Gasteiger partial charge in [0, 0.05) is 23.7 Å². The standard InChI is InChI=1S/C12H10N2O3/c15-7-9(12(16)17)11-8-3-1-2-4-10(8)13-5-6-14-11/h1-7,9,13H,(H,16,17). The van der Waals surface area contributed by atoms with E-state index in [9.17, 15) is 9.59 Å². The monoisotopic (exact) mass is 230 g/mol. The van der Waals surface area contributed by atoms with E-state index in [2.05, 4.69) is 10.3 Å². The second kappa shape index (κ2) is 4.61. The number of fused-ring (bicyclic) bond motifs is 1. The smallest absolute Gasteiger partial charge is 0.319 e. The summed E-state index contributed by atoms with van der Waals surface area (Å²) in [6.45, 7) is 0. The second-order valence-corrected chi connectivity index (χ2v) is 3.47. The molecule has 1 aliphatic heterocycles. The summed E-state index contributed by atoms with van der Waals surface area (Å²) in [4.78, 5) is 25.9. The maximum Gasteiger partial charge on any atom is 0.319 e. The maximum atomic E-state index is 11.0. The normalized spacial score (nSPS) is 14.9. The molecule has 0 aromatic heterocycles. The lowest BCUT2D eigenvalue weighted by Gasteiger charge is -2.11. The first-order valence-electron chi connectivity index (χ1n) is 5.01. The number of aldehydes is 1. The van der Waals surface area contributed by atoms with Crippen LogP contribution in [-0.4, -0.2) is 23.1 Å². The Balaban J connectivity index is 2.54. The number of benzene rings is 1. The highest BCUT2D eigenvalue weighted by Gasteiger charge is 2.26. The number of carbonyl (C=O) groups excluding carboxylic acids is 1. The Labute approximate surface area is 97.5 Å². The van der Waals surface area contributed by atoms with E-state index in [1.807, 2.05) is 6.07 Å². The zero-order chi connectivity index (χ0) is 12.3. The molecule has 1 aromatic rings. The summed E-state index contributed by atoms with van der Waals surface area (Å²) in [6.07, 6.45) is 3.42. The van der Waals surface area contributed by atoms with Gasteiger partial charge in [-0.3, -0.25) is 9.79 Å². The minimum atomic E-state index is -1.25. The molecular formula is C12H10N2O3. The first-order valence-corrected chi connectivity index (χ1v) is 5.01. The molecule has 1 aliphatic rings. The summed E-state index contributed by atoms with van der Waals surface area (Å²) in [5.74, 6) is -2.45. The number of rotatable bonds is 3. The van der Waals surface area contributed by atoms with E-state index in [-0.39, 0.29) is 5.71 Å². The van der Waals surface area contributed by atoms with Crippen LogP contribution >= 0.6 is 0 Å². The van der Waals surface area contributed by atoms with Gasteiger partial charge in [0.25, 0.3) is 0 Å². The average Bonchev–Trinajstić information content (AvgIpc) is 2.53. The molecule has 5 heteroatoms. The number of carboxylic acid groups (broad SMARTS) is 1. The second-order valence-electron chi connectivity index (χ2n) is 3.47. The number of nitrogens with one attached hydrogen (secondary N) is 1. The average molecular weight is 230 g/mol. The molecule has 1 heterocycles. The number of nitrogens with zero attached hydrogens (tertiary/aromatic N) is 1. The van der Waals surface area contributed by atoms with E-state index in [0.717, 1.165) is 5.69 Å². The number of aliphatic carboxylic acids is 1. The van der Waals surface area contributed by atoms with E-state index in [1.165, 1.54) is 6.20 Å². The minimum absolute atomic E-state index is 0.240. The minimum Gasteiger partial charge on any atom is -0.480 e. The Morgan fingerprint density at radius 2 is 2.18 bits per heavy atom. The highest BCUT2D eigenvalue weighted by atomic mass is 16.4. The van der Waals surface area contributed by atoms with E-state index >= 15 is 0 Å². The van der Waals surface area contributed by atoms with Crippen molar-refractivity contribution in [2.24, 2.45) is 10.9 Å². The summed E-state index contributed by atoms with van der Waals surface area (Å²) in [6, 6.07) is 7.11. The van der Waals surface area contributed by atoms with Gasteiger partial charge in [-0.15, -0.1) is 0 Å². The van der Waals surface area contributed by atoms with Crippen LogP contribution in [0, 0.1) is 5.92 Å². The fourth-order valence-electron chi connectivity index (χ4n) is 1.63. The molecule has 2 N–H and O–H groups in total. The van der Waals surface area contributed by atoms with Crippen molar-refractivity contribution in [3.05, 3.63) is 42.2 Å². The SMILES string of the molecule is O=CC(C(=O)O)C1=NC=CNc2ccccc21. The number of hydrogen-bond acceptors (Lipinski definition) is 4. The molecule has 86 valence electrons. The lowest BCUT2D eigenvalue weighted by atomic mass is 9.96. The Kier molecular flexibility index (Phi) is 3.00. The molecule has 5 nitrogen and oxygen atoms in total. The van der Waals surface area contributed by atoms with E-state index < -0.39 is 11.9 Å². The van der Waals surface area contributed by atoms with Crippen LogP contribution in [0.3, 0.4) is 0 Å². The van der Waals surface area contributed by atoms with Crippen LogP contribution in [0.15, 0.2) is 41.7 Å². The van der Waals surface area contributed by atoms with Gasteiger partial charge in [-0.1, -0.05) is 18.2 Å². The van der Waals surface area contributed by atoms with Gasteiger partial charge in [-0.2, -0.15) is 0 Å². The molecule has 0 spiro atoms. The van der Waals surface area contributed by atoms with Crippen LogP contribution < -0.4 is 5.32 Å². The van der Waals surface area contributed by atoms with Crippen molar-refractivity contribution in [2.45, 2.75) is 0 Å². The third kappa shape index (κ3) is 2.08. The van der Waals surface area contributed by atoms with Gasteiger partial charge < -0.3 is 15.2 Å². The summed E-state index contributed by atoms with van der Waals surface area (Å²) >= 11 is 0. The summed E-state index contributed by atoms with van der Waals surface area (Å²) in [5, 5.41) is 12.0. The first kappa shape index (κ1) is 11.1. The molecule has 0 fully saturated rings. The van der Waals surface area contributed by atoms with Gasteiger partial charge in [0.1, 0.15) is 6.29 Å². The Morgan fingerprint density at radius 3 is 2.88 bits per heavy atom. The quantitative estimate of drug-likeness (QED) is 0.605. The highest BCUT2D eigenvalue weighted by molar-refractivity contribution is 6.21. The van der Waals surface area contributed by atoms with Crippen molar-refractivity contribution in [1.29, 1.82) is 0 Å². The molecule has 0 saturated heterocycles. The molecule has 0 radical (unpaired) electrons. The summed E-state index contributed by atoms with van der Waals surface area (Å²) < 4.78 is 0. The fraction of sp³-hybridized carbons (Fsp3) is 0.0833. The first-order chi connectivity index (χ1) is 8.24. The lowest BCUT2D eigenvalue weighted by molar-refractivity contribution is -0.140. The van der Waals surface area contributed by atoms with Crippen LogP contribution in [0.4, 0.5) is 5.69 Å². The molecule has 0 amide bonds. The van der Waals surface area contributed by atoms with Gasteiger partial charge >= 0.3 is 5.97 Å². The number of para-hydroxylation sites is 1. The lowest BCUT2D eigenvalue weighted by Crippen LogP contribution is -2.26. The molecule has 1 atom stereocenters. The Hall–Kier alpha value is -2.43. The largest absolute Gasteiger partial charge is 0.480 e. The number of carboxylic acids is 1. The molecule has 1 aromatic carbocycles. The van der Waals surface area contributed by atoms with Crippen molar-refractivity contribution in [2.75, 3.05) is 5.32 Å². The van der Waals surface area contributed by atoms with Gasteiger partial charge in [0.05, 0.1) is 5.71 Å². The predicted octanol–water partition coefficient (Wildman–Crippen LogP) is 1.27. The summed E-state index contributed by atoms with van der Waals surface area (Å²) in [7, 11) is 0. The van der Waals surface area contributed by atoms with E-state index in [1.54, 1.807) is 24.4 Å². The number of aliphatic imine (C=N–C) groups is 1. The highest BCUT2D eigenvalue weighted by Crippen LogP contribution is 2.21. The van der Waals surface area contributed by atoms with Crippen LogP contribution in [0.25, 0.3) is 0 Å². The van der Waals surface area contributed by atoms with Crippen LogP contribution in [0.1, 0.15) is 5.56 Å². The Morgan fingerprint density at radius 1 is 1.41 bits per heavy atom. The topological polar surface area (TPSA) is 78.8 Å². The molecule has 2 rings (SSSR count).